The minimum Gasteiger partial charge on any atom is -0.359 e. The highest BCUT2D eigenvalue weighted by Gasteiger charge is 2.53. The molecule has 1 aliphatic heterocycles. The lowest BCUT2D eigenvalue weighted by molar-refractivity contribution is -0.119. The molecule has 2 aliphatic rings. The largest absolute Gasteiger partial charge is 0.359 e. The second-order valence-electron chi connectivity index (χ2n) is 2.79. The maximum absolute atomic E-state index is 10.5. The van der Waals surface area contributed by atoms with Crippen molar-refractivity contribution in [1.29, 1.82) is 0 Å². The summed E-state index contributed by atoms with van der Waals surface area (Å²) in [6.07, 6.45) is 1.82. The van der Waals surface area contributed by atoms with Crippen LogP contribution in [0, 0.1) is 10.8 Å². The average Bonchev–Trinajstić information content (AvgIpc) is 2.74. The minimum atomic E-state index is -0.642. The zero-order chi connectivity index (χ0) is 7.14. The fourth-order valence-electron chi connectivity index (χ4n) is 1.16. The van der Waals surface area contributed by atoms with Gasteiger partial charge in [-0.1, -0.05) is 0 Å². The van der Waals surface area contributed by atoms with Gasteiger partial charge >= 0.3 is 5.91 Å². The van der Waals surface area contributed by atoms with Crippen LogP contribution in [0.3, 0.4) is 0 Å². The normalized spacial score (nSPS) is 37.2. The Balaban J connectivity index is 1.88. The molecule has 2 rings (SSSR count). The van der Waals surface area contributed by atoms with Gasteiger partial charge in [0.2, 0.25) is 0 Å². The van der Waals surface area contributed by atoms with Crippen molar-refractivity contribution < 1.29 is 9.53 Å². The van der Waals surface area contributed by atoms with E-state index in [1.54, 1.807) is 0 Å². The first-order valence-corrected chi connectivity index (χ1v) is 3.35. The van der Waals surface area contributed by atoms with Crippen molar-refractivity contribution in [3.63, 3.8) is 0 Å². The highest BCUT2D eigenvalue weighted by Crippen LogP contribution is 2.44. The molecule has 0 N–H and O–H groups in total. The van der Waals surface area contributed by atoms with Crippen LogP contribution in [0.4, 0.5) is 0 Å². The third-order valence-corrected chi connectivity index (χ3v) is 1.95. The highest BCUT2D eigenvalue weighted by atomic mass is 16.6. The third-order valence-electron chi connectivity index (χ3n) is 1.95. The number of rotatable bonds is 2. The predicted octanol–water partition coefficient (Wildman–Crippen LogP) is 0.457. The quantitative estimate of drug-likeness (QED) is 0.414. The molecule has 1 heterocycles. The summed E-state index contributed by atoms with van der Waals surface area (Å²) in [7, 11) is 0. The van der Waals surface area contributed by atoms with Gasteiger partial charge < -0.3 is 4.74 Å². The second kappa shape index (κ2) is 1.85. The summed E-state index contributed by atoms with van der Waals surface area (Å²) in [6.45, 7) is 0. The first kappa shape index (κ1) is 5.97. The van der Waals surface area contributed by atoms with Crippen molar-refractivity contribution in [2.45, 2.75) is 25.0 Å². The van der Waals surface area contributed by atoms with Gasteiger partial charge in [-0.15, -0.1) is 4.91 Å². The summed E-state index contributed by atoms with van der Waals surface area (Å²) in [6, 6.07) is 0. The molecule has 0 aromatic carbocycles. The van der Waals surface area contributed by atoms with E-state index in [-0.39, 0.29) is 6.10 Å². The smallest absolute Gasteiger partial charge is 0.317 e. The van der Waals surface area contributed by atoms with Gasteiger partial charge in [-0.2, -0.15) is 0 Å². The number of hydrogen-bond donors (Lipinski definition) is 0. The lowest BCUT2D eigenvalue weighted by Gasteiger charge is -1.79. The van der Waals surface area contributed by atoms with Crippen LogP contribution < -0.4 is 0 Å². The molecule has 1 saturated carbocycles. The van der Waals surface area contributed by atoms with Gasteiger partial charge in [0.1, 0.15) is 0 Å². The van der Waals surface area contributed by atoms with Crippen LogP contribution in [0.1, 0.15) is 12.8 Å². The number of nitrogens with zero attached hydrogens (tertiary/aromatic N) is 1. The second-order valence-corrected chi connectivity index (χ2v) is 2.79. The maximum atomic E-state index is 10.5. The van der Waals surface area contributed by atoms with Crippen molar-refractivity contribution >= 4 is 5.91 Å². The fraction of sp³-hybridized carbons (Fsp3) is 0.833. The van der Waals surface area contributed by atoms with Crippen molar-refractivity contribution in [2.24, 2.45) is 11.1 Å². The Bertz CT molecular complexity index is 187. The molecular formula is C6H7NO3. The molecule has 10 heavy (non-hydrogen) atoms. The van der Waals surface area contributed by atoms with Gasteiger partial charge in [-0.25, -0.2) is 0 Å². The van der Waals surface area contributed by atoms with Gasteiger partial charge in [0, 0.05) is 5.18 Å². The molecule has 0 bridgehead atoms. The van der Waals surface area contributed by atoms with Crippen LogP contribution in [-0.4, -0.2) is 18.1 Å². The van der Waals surface area contributed by atoms with E-state index >= 15 is 0 Å². The standard InChI is InChI=1S/C6H7NO3/c8-6(7-9)5-4(10-5)3-1-2-3/h3-5H,1-2H2. The Morgan fingerprint density at radius 2 is 2.20 bits per heavy atom. The fourth-order valence-corrected chi connectivity index (χ4v) is 1.16. The summed E-state index contributed by atoms with van der Waals surface area (Å²) in [4.78, 5) is 20.2. The first-order chi connectivity index (χ1) is 4.83. The van der Waals surface area contributed by atoms with Crippen LogP contribution in [0.15, 0.2) is 5.18 Å². The molecule has 0 aromatic heterocycles. The summed E-state index contributed by atoms with van der Waals surface area (Å²) >= 11 is 0. The van der Waals surface area contributed by atoms with Gasteiger partial charge in [-0.3, -0.25) is 4.79 Å². The molecule has 1 amide bonds. The van der Waals surface area contributed by atoms with Crippen LogP contribution in [-0.2, 0) is 9.53 Å². The summed E-state index contributed by atoms with van der Waals surface area (Å²) in [5, 5.41) is 2.30. The molecule has 0 spiro atoms. The monoisotopic (exact) mass is 141 g/mol. The molecular weight excluding hydrogens is 134 g/mol. The van der Waals surface area contributed by atoms with Gasteiger partial charge in [0.15, 0.2) is 6.10 Å². The maximum Gasteiger partial charge on any atom is 0.317 e. The van der Waals surface area contributed by atoms with Gasteiger partial charge in [0.25, 0.3) is 0 Å². The van der Waals surface area contributed by atoms with Gasteiger partial charge in [-0.05, 0) is 18.8 Å². The molecule has 2 unspecified atom stereocenters. The van der Waals surface area contributed by atoms with Crippen molar-refractivity contribution in [1.82, 2.24) is 0 Å². The van der Waals surface area contributed by atoms with Crippen molar-refractivity contribution in [2.75, 3.05) is 0 Å². The molecule has 4 heteroatoms. The number of nitroso groups, excluding NO2 is 1. The van der Waals surface area contributed by atoms with E-state index in [9.17, 15) is 9.70 Å². The summed E-state index contributed by atoms with van der Waals surface area (Å²) < 4.78 is 4.95. The van der Waals surface area contributed by atoms with E-state index in [0.717, 1.165) is 12.8 Å². The Morgan fingerprint density at radius 3 is 2.70 bits per heavy atom. The van der Waals surface area contributed by atoms with E-state index in [4.69, 9.17) is 4.74 Å². The Morgan fingerprint density at radius 1 is 1.50 bits per heavy atom. The Kier molecular flexibility index (Phi) is 1.11. The lowest BCUT2D eigenvalue weighted by atomic mass is 10.2. The summed E-state index contributed by atoms with van der Waals surface area (Å²) in [5.41, 5.74) is 0. The minimum absolute atomic E-state index is 0.0326. The molecule has 54 valence electrons. The lowest BCUT2D eigenvalue weighted by Crippen LogP contribution is -2.06. The first-order valence-electron chi connectivity index (χ1n) is 3.35. The van der Waals surface area contributed by atoms with E-state index in [1.807, 2.05) is 0 Å². The molecule has 2 atom stereocenters. The molecule has 1 saturated heterocycles. The van der Waals surface area contributed by atoms with Crippen molar-refractivity contribution in [3.05, 3.63) is 4.91 Å². The van der Waals surface area contributed by atoms with E-state index in [0.29, 0.717) is 5.92 Å². The van der Waals surface area contributed by atoms with Crippen molar-refractivity contribution in [3.8, 4) is 0 Å². The van der Waals surface area contributed by atoms with Crippen LogP contribution >= 0.6 is 0 Å². The highest BCUT2D eigenvalue weighted by molar-refractivity contribution is 5.84. The number of carbonyl (C=O) groups is 1. The van der Waals surface area contributed by atoms with Crippen LogP contribution in [0.25, 0.3) is 0 Å². The number of epoxide rings is 1. The number of ether oxygens (including phenoxy) is 1. The summed E-state index contributed by atoms with van der Waals surface area (Å²) in [5.74, 6) is -0.104. The SMILES string of the molecule is O=NC(=O)C1OC1C1CC1. The van der Waals surface area contributed by atoms with Crippen LogP contribution in [0.2, 0.25) is 0 Å². The third kappa shape index (κ3) is 0.844. The molecule has 0 radical (unpaired) electrons. The van der Waals surface area contributed by atoms with E-state index in [1.165, 1.54) is 0 Å². The topological polar surface area (TPSA) is 59.0 Å². The molecule has 1 aliphatic carbocycles. The average molecular weight is 141 g/mol. The number of carbonyl (C=O) groups excluding carboxylic acids is 1. The molecule has 0 aromatic rings. The predicted molar refractivity (Wildman–Crippen MR) is 32.2 cm³/mol. The van der Waals surface area contributed by atoms with Gasteiger partial charge in [0.05, 0.1) is 6.10 Å². The number of amides is 1. The number of hydrogen-bond acceptors (Lipinski definition) is 3. The van der Waals surface area contributed by atoms with Crippen LogP contribution in [0.5, 0.6) is 0 Å². The Hall–Kier alpha value is -0.770. The Labute approximate surface area is 57.5 Å². The zero-order valence-electron chi connectivity index (χ0n) is 5.32. The molecule has 2 fully saturated rings. The van der Waals surface area contributed by atoms with E-state index in [2.05, 4.69) is 5.18 Å². The zero-order valence-corrected chi connectivity index (χ0v) is 5.32. The van der Waals surface area contributed by atoms with E-state index < -0.39 is 12.0 Å². The molecule has 4 nitrogen and oxygen atoms in total.